The van der Waals surface area contributed by atoms with Crippen molar-refractivity contribution < 1.29 is 36.0 Å². The normalized spacial score (nSPS) is 10.3. The monoisotopic (exact) mass is 468 g/mol. The first-order valence-electron chi connectivity index (χ1n) is 8.27. The van der Waals surface area contributed by atoms with E-state index in [0.717, 1.165) is 0 Å². The Morgan fingerprint density at radius 3 is 1.07 bits per heavy atom. The van der Waals surface area contributed by atoms with Crippen LogP contribution in [0.1, 0.15) is 0 Å². The van der Waals surface area contributed by atoms with Crippen LogP contribution in [0.25, 0.3) is 0 Å². The molecule has 0 aromatic heterocycles. The average molecular weight is 470 g/mol. The van der Waals surface area contributed by atoms with Crippen molar-refractivity contribution >= 4 is 46.9 Å². The van der Waals surface area contributed by atoms with E-state index < -0.39 is 8.32 Å². The second kappa shape index (κ2) is 10.9. The molecule has 7 heteroatoms. The van der Waals surface area contributed by atoms with Crippen molar-refractivity contribution in [2.45, 2.75) is 0 Å². The minimum Gasteiger partial charge on any atom is -1.00 e. The number of para-hydroxylation sites is 3. The molecule has 0 amide bonds. The van der Waals surface area contributed by atoms with Crippen molar-refractivity contribution in [1.82, 2.24) is 0 Å². The summed E-state index contributed by atoms with van der Waals surface area (Å²) in [5.74, 6) is 1.72. The topological polar surface area (TPSA) is 50.8 Å². The van der Waals surface area contributed by atoms with E-state index in [1.54, 1.807) is 21.3 Å². The van der Waals surface area contributed by atoms with E-state index in [4.69, 9.17) is 14.2 Å². The summed E-state index contributed by atoms with van der Waals surface area (Å²) < 4.78 is 16.6. The van der Waals surface area contributed by atoms with Crippen LogP contribution >= 0.6 is 0 Å². The van der Waals surface area contributed by atoms with Gasteiger partial charge in [0.15, 0.2) is 0 Å². The maximum atomic E-state index is 14.7. The minimum atomic E-state index is -3.70. The molecule has 4 nitrogen and oxygen atoms in total. The molecule has 0 spiro atoms. The van der Waals surface area contributed by atoms with Gasteiger partial charge in [-0.3, -0.25) is 0 Å². The predicted molar refractivity (Wildman–Crippen MR) is 109 cm³/mol. The maximum Gasteiger partial charge on any atom is 2.00 e. The molecule has 0 N–H and O–H groups in total. The zero-order valence-electron chi connectivity index (χ0n) is 16.1. The van der Waals surface area contributed by atoms with Crippen molar-refractivity contribution in [3.63, 3.8) is 0 Å². The Hall–Kier alpha value is -1.52. The Balaban J connectivity index is 0.00000196. The zero-order chi connectivity index (χ0) is 18.6. The SMILES string of the molecule is COc1ccccc1[Si]([O-])(c1ccccc1OC)c1ccccc1OC.[Br-].[Mg+2]. The number of benzene rings is 3. The van der Waals surface area contributed by atoms with Gasteiger partial charge in [0.25, 0.3) is 0 Å². The Kier molecular flexibility index (Phi) is 9.52. The number of ether oxygens (including phenoxy) is 3. The van der Waals surface area contributed by atoms with Gasteiger partial charge in [-0.1, -0.05) is 54.6 Å². The van der Waals surface area contributed by atoms with E-state index in [2.05, 4.69) is 0 Å². The third-order valence-corrected chi connectivity index (χ3v) is 7.97. The van der Waals surface area contributed by atoms with Gasteiger partial charge in [0, 0.05) is 0 Å². The number of methoxy groups -OCH3 is 3. The average Bonchev–Trinajstić information content (AvgIpc) is 2.73. The van der Waals surface area contributed by atoms with Crippen LogP contribution in [0, 0.1) is 0 Å². The van der Waals surface area contributed by atoms with Crippen molar-refractivity contribution in [3.8, 4) is 17.2 Å². The molecule has 3 aromatic rings. The van der Waals surface area contributed by atoms with E-state index in [0.29, 0.717) is 32.8 Å². The Morgan fingerprint density at radius 1 is 0.571 bits per heavy atom. The molecule has 0 heterocycles. The van der Waals surface area contributed by atoms with E-state index in [-0.39, 0.29) is 40.0 Å². The fraction of sp³-hybridized carbons (Fsp3) is 0.143. The van der Waals surface area contributed by atoms with E-state index in [1.165, 1.54) is 0 Å². The number of hydrogen-bond acceptors (Lipinski definition) is 4. The molecule has 3 aromatic carbocycles. The summed E-state index contributed by atoms with van der Waals surface area (Å²) in [4.78, 5) is 14.7. The second-order valence-electron chi connectivity index (χ2n) is 5.78. The smallest absolute Gasteiger partial charge is 1.00 e. The van der Waals surface area contributed by atoms with Crippen LogP contribution < -0.4 is 51.5 Å². The van der Waals surface area contributed by atoms with Crippen molar-refractivity contribution in [2.24, 2.45) is 0 Å². The summed E-state index contributed by atoms with van der Waals surface area (Å²) in [6.45, 7) is 0. The predicted octanol–water partition coefficient (Wildman–Crippen LogP) is -2.34. The van der Waals surface area contributed by atoms with Gasteiger partial charge < -0.3 is 36.0 Å². The van der Waals surface area contributed by atoms with Gasteiger partial charge in [0.1, 0.15) is 17.2 Å². The quantitative estimate of drug-likeness (QED) is 0.300. The largest absolute Gasteiger partial charge is 2.00 e. The Bertz CT molecular complexity index is 791. The molecular formula is C21H21BrMgO4Si. The molecule has 0 saturated carbocycles. The molecule has 28 heavy (non-hydrogen) atoms. The first kappa shape index (κ1) is 24.5. The van der Waals surface area contributed by atoms with E-state index in [9.17, 15) is 4.80 Å². The van der Waals surface area contributed by atoms with Gasteiger partial charge in [0.2, 0.25) is 0 Å². The van der Waals surface area contributed by atoms with Crippen molar-refractivity contribution in [3.05, 3.63) is 72.8 Å². The summed E-state index contributed by atoms with van der Waals surface area (Å²) in [6, 6.07) is 22.2. The summed E-state index contributed by atoms with van der Waals surface area (Å²) in [6.07, 6.45) is 0. The van der Waals surface area contributed by atoms with Crippen LogP contribution in [0.15, 0.2) is 72.8 Å². The van der Waals surface area contributed by atoms with Crippen LogP contribution in [0.2, 0.25) is 0 Å². The molecule has 0 aliphatic heterocycles. The summed E-state index contributed by atoms with van der Waals surface area (Å²) in [5.41, 5.74) is 0. The summed E-state index contributed by atoms with van der Waals surface area (Å²) in [5, 5.41) is 1.91. The third-order valence-electron chi connectivity index (χ3n) is 4.46. The molecule has 0 fully saturated rings. The first-order valence-corrected chi connectivity index (χ1v) is 10.2. The van der Waals surface area contributed by atoms with Crippen LogP contribution in [-0.4, -0.2) is 52.7 Å². The first-order chi connectivity index (χ1) is 12.7. The summed E-state index contributed by atoms with van der Waals surface area (Å²) in [7, 11) is 1.05. The molecule has 3 rings (SSSR count). The molecule has 0 bridgehead atoms. The van der Waals surface area contributed by atoms with Crippen LogP contribution in [0.4, 0.5) is 0 Å². The van der Waals surface area contributed by atoms with Gasteiger partial charge in [-0.25, -0.2) is 0 Å². The molecule has 0 saturated heterocycles. The third kappa shape index (κ3) is 4.39. The molecule has 0 aliphatic carbocycles. The molecular weight excluding hydrogens is 449 g/mol. The fourth-order valence-corrected chi connectivity index (χ4v) is 6.70. The van der Waals surface area contributed by atoms with Gasteiger partial charge in [0.05, 0.1) is 29.6 Å². The van der Waals surface area contributed by atoms with Crippen molar-refractivity contribution in [1.29, 1.82) is 0 Å². The fourth-order valence-electron chi connectivity index (χ4n) is 3.24. The molecule has 142 valence electrons. The van der Waals surface area contributed by atoms with Crippen LogP contribution in [0.5, 0.6) is 17.2 Å². The van der Waals surface area contributed by atoms with E-state index in [1.807, 2.05) is 72.8 Å². The van der Waals surface area contributed by atoms with Crippen LogP contribution in [0.3, 0.4) is 0 Å². The maximum absolute atomic E-state index is 14.7. The standard InChI is InChI=1S/C21H21O4Si.BrH.Mg/c1-23-16-10-4-7-13-19(16)26(22,20-14-8-5-11-17(20)24-2)21-15-9-6-12-18(21)25-3;;/h4-15H,1-3H3;1H;/q-1;;+2/p-1. The number of rotatable bonds is 6. The van der Waals surface area contributed by atoms with Gasteiger partial charge in [-0.05, 0) is 33.8 Å². The van der Waals surface area contributed by atoms with Crippen LogP contribution in [-0.2, 0) is 0 Å². The molecule has 0 aliphatic rings. The zero-order valence-corrected chi connectivity index (χ0v) is 20.1. The van der Waals surface area contributed by atoms with Crippen molar-refractivity contribution in [2.75, 3.05) is 21.3 Å². The van der Waals surface area contributed by atoms with Gasteiger partial charge in [-0.15, -0.1) is 0 Å². The second-order valence-corrected chi connectivity index (χ2v) is 8.76. The van der Waals surface area contributed by atoms with E-state index >= 15 is 0 Å². The summed E-state index contributed by atoms with van der Waals surface area (Å²) >= 11 is 0. The molecule has 0 radical (unpaired) electrons. The van der Waals surface area contributed by atoms with Gasteiger partial charge in [-0.2, -0.15) is 0 Å². The Morgan fingerprint density at radius 2 is 0.821 bits per heavy atom. The molecule has 0 unspecified atom stereocenters. The Labute approximate surface area is 193 Å². The minimum absolute atomic E-state index is 0. The molecule has 0 atom stereocenters. The number of halogens is 1. The van der Waals surface area contributed by atoms with Gasteiger partial charge >= 0.3 is 23.1 Å². The number of hydrogen-bond donors (Lipinski definition) is 0.